The number of nitrogens with zero attached hydrogens (tertiary/aromatic N) is 1. The van der Waals surface area contributed by atoms with Crippen LogP contribution in [0.25, 0.3) is 0 Å². The van der Waals surface area contributed by atoms with Crippen molar-refractivity contribution >= 4 is 17.8 Å². The Hall–Kier alpha value is -2.37. The van der Waals surface area contributed by atoms with Crippen molar-refractivity contribution in [2.75, 3.05) is 0 Å². The normalized spacial score (nSPS) is 14.9. The van der Waals surface area contributed by atoms with Crippen LogP contribution in [0.2, 0.25) is 0 Å². The molecule has 2 rings (SSSR count). The highest BCUT2D eigenvalue weighted by Gasteiger charge is 2.36. The van der Waals surface area contributed by atoms with E-state index in [0.29, 0.717) is 12.1 Å². The van der Waals surface area contributed by atoms with Gasteiger partial charge in [-0.05, 0) is 30.0 Å². The van der Waals surface area contributed by atoms with Crippen molar-refractivity contribution in [1.29, 1.82) is 0 Å². The average molecular weight is 290 g/mol. The lowest BCUT2D eigenvalue weighted by Crippen LogP contribution is -2.45. The highest BCUT2D eigenvalue weighted by molar-refractivity contribution is 6.01. The topological polar surface area (TPSA) is 101 Å². The van der Waals surface area contributed by atoms with Crippen LogP contribution in [0.1, 0.15) is 41.3 Å². The van der Waals surface area contributed by atoms with Crippen molar-refractivity contribution in [1.82, 2.24) is 4.90 Å². The van der Waals surface area contributed by atoms with Crippen LogP contribution in [0.4, 0.5) is 0 Å². The van der Waals surface area contributed by atoms with Crippen LogP contribution in [0.15, 0.2) is 18.2 Å². The molecule has 1 atom stereocenters. The molecular formula is C15H18N2O4. The van der Waals surface area contributed by atoms with Crippen LogP contribution in [0.5, 0.6) is 0 Å². The standard InChI is InChI=1S/C15H18N2O4/c1-2-9-4-3-5-10-11(9)8-17(15(10)21)12(14(16)20)6-7-13(18)19/h3-5,12H,2,6-8H2,1H3,(H2,16,20)(H,18,19). The summed E-state index contributed by atoms with van der Waals surface area (Å²) in [6.07, 6.45) is 0.626. The molecular weight excluding hydrogens is 272 g/mol. The molecule has 1 aromatic carbocycles. The summed E-state index contributed by atoms with van der Waals surface area (Å²) in [6, 6.07) is 4.61. The summed E-state index contributed by atoms with van der Waals surface area (Å²) in [5, 5.41) is 8.75. The second kappa shape index (κ2) is 5.95. The number of aryl methyl sites for hydroxylation is 1. The number of aliphatic carboxylic acids is 1. The van der Waals surface area contributed by atoms with Crippen molar-refractivity contribution in [3.8, 4) is 0 Å². The monoisotopic (exact) mass is 290 g/mol. The minimum Gasteiger partial charge on any atom is -0.481 e. The smallest absolute Gasteiger partial charge is 0.303 e. The molecule has 0 aromatic heterocycles. The molecule has 112 valence electrons. The first-order chi connectivity index (χ1) is 9.95. The Kier molecular flexibility index (Phi) is 4.26. The molecule has 1 aliphatic rings. The molecule has 2 amide bonds. The van der Waals surface area contributed by atoms with Gasteiger partial charge in [0.05, 0.1) is 0 Å². The Morgan fingerprint density at radius 3 is 2.71 bits per heavy atom. The first-order valence-electron chi connectivity index (χ1n) is 6.88. The minimum absolute atomic E-state index is 0.0336. The number of carbonyl (C=O) groups excluding carboxylic acids is 2. The lowest BCUT2D eigenvalue weighted by Gasteiger charge is -2.24. The van der Waals surface area contributed by atoms with Crippen molar-refractivity contribution in [2.45, 2.75) is 38.8 Å². The Morgan fingerprint density at radius 2 is 2.14 bits per heavy atom. The number of hydrogen-bond acceptors (Lipinski definition) is 3. The zero-order valence-electron chi connectivity index (χ0n) is 11.8. The third-order valence-electron chi connectivity index (χ3n) is 3.81. The van der Waals surface area contributed by atoms with Gasteiger partial charge in [0.15, 0.2) is 0 Å². The predicted molar refractivity (Wildman–Crippen MR) is 75.5 cm³/mol. The fourth-order valence-electron chi connectivity index (χ4n) is 2.71. The number of benzene rings is 1. The molecule has 0 bridgehead atoms. The number of carbonyl (C=O) groups is 3. The fraction of sp³-hybridized carbons (Fsp3) is 0.400. The van der Waals surface area contributed by atoms with E-state index in [1.807, 2.05) is 19.1 Å². The van der Waals surface area contributed by atoms with E-state index in [0.717, 1.165) is 17.5 Å². The SMILES string of the molecule is CCc1cccc2c1CN(C(CCC(=O)O)C(N)=O)C2=O. The van der Waals surface area contributed by atoms with Crippen molar-refractivity contribution in [3.63, 3.8) is 0 Å². The van der Waals surface area contributed by atoms with Gasteiger partial charge in [0.1, 0.15) is 6.04 Å². The molecule has 6 heteroatoms. The molecule has 21 heavy (non-hydrogen) atoms. The number of carboxylic acid groups (broad SMARTS) is 1. The summed E-state index contributed by atoms with van der Waals surface area (Å²) >= 11 is 0. The predicted octanol–water partition coefficient (Wildman–Crippen LogP) is 0.923. The van der Waals surface area contributed by atoms with Crippen molar-refractivity contribution < 1.29 is 19.5 Å². The van der Waals surface area contributed by atoms with E-state index >= 15 is 0 Å². The van der Waals surface area contributed by atoms with E-state index in [1.54, 1.807) is 6.07 Å². The average Bonchev–Trinajstić information content (AvgIpc) is 2.76. The largest absolute Gasteiger partial charge is 0.481 e. The maximum Gasteiger partial charge on any atom is 0.303 e. The molecule has 0 aliphatic carbocycles. The van der Waals surface area contributed by atoms with Gasteiger partial charge in [0.2, 0.25) is 5.91 Å². The molecule has 0 saturated carbocycles. The third-order valence-corrected chi connectivity index (χ3v) is 3.81. The molecule has 0 fully saturated rings. The Bertz CT molecular complexity index is 597. The van der Waals surface area contributed by atoms with Gasteiger partial charge in [-0.1, -0.05) is 19.1 Å². The van der Waals surface area contributed by atoms with Gasteiger partial charge < -0.3 is 15.7 Å². The summed E-state index contributed by atoms with van der Waals surface area (Å²) in [5.74, 6) is -1.94. The number of carboxylic acids is 1. The van der Waals surface area contributed by atoms with Crippen molar-refractivity contribution in [3.05, 3.63) is 34.9 Å². The van der Waals surface area contributed by atoms with Gasteiger partial charge in [-0.2, -0.15) is 0 Å². The van der Waals surface area contributed by atoms with Gasteiger partial charge >= 0.3 is 5.97 Å². The molecule has 0 radical (unpaired) electrons. The summed E-state index contributed by atoms with van der Waals surface area (Å²) < 4.78 is 0. The second-order valence-electron chi connectivity index (χ2n) is 5.08. The second-order valence-corrected chi connectivity index (χ2v) is 5.08. The number of rotatable bonds is 6. The summed E-state index contributed by atoms with van der Waals surface area (Å²) in [6.45, 7) is 2.31. The van der Waals surface area contributed by atoms with Gasteiger partial charge in [-0.25, -0.2) is 0 Å². The minimum atomic E-state index is -1.01. The molecule has 6 nitrogen and oxygen atoms in total. The Morgan fingerprint density at radius 1 is 1.43 bits per heavy atom. The number of amides is 2. The highest BCUT2D eigenvalue weighted by Crippen LogP contribution is 2.29. The van der Waals surface area contributed by atoms with Crippen molar-refractivity contribution in [2.24, 2.45) is 5.73 Å². The number of primary amides is 1. The first-order valence-corrected chi connectivity index (χ1v) is 6.88. The van der Waals surface area contributed by atoms with E-state index in [4.69, 9.17) is 10.8 Å². The van der Waals surface area contributed by atoms with E-state index in [1.165, 1.54) is 4.90 Å². The number of hydrogen-bond donors (Lipinski definition) is 2. The molecule has 3 N–H and O–H groups in total. The molecule has 0 saturated heterocycles. The molecule has 0 spiro atoms. The zero-order valence-corrected chi connectivity index (χ0v) is 11.8. The maximum absolute atomic E-state index is 12.4. The van der Waals surface area contributed by atoms with Crippen LogP contribution in [0.3, 0.4) is 0 Å². The summed E-state index contributed by atoms with van der Waals surface area (Å²) in [7, 11) is 0. The number of fused-ring (bicyclic) bond motifs is 1. The number of nitrogens with two attached hydrogens (primary N) is 1. The first kappa shape index (κ1) is 15.0. The zero-order chi connectivity index (χ0) is 15.6. The van der Waals surface area contributed by atoms with Gasteiger partial charge in [-0.15, -0.1) is 0 Å². The van der Waals surface area contributed by atoms with Crippen LogP contribution in [-0.4, -0.2) is 33.8 Å². The van der Waals surface area contributed by atoms with Gasteiger partial charge in [0, 0.05) is 18.5 Å². The third kappa shape index (κ3) is 2.89. The van der Waals surface area contributed by atoms with Gasteiger partial charge in [-0.3, -0.25) is 14.4 Å². The Labute approximate surface area is 122 Å². The van der Waals surface area contributed by atoms with Gasteiger partial charge in [0.25, 0.3) is 5.91 Å². The molecule has 1 aromatic rings. The molecule has 1 aliphatic heterocycles. The van der Waals surface area contributed by atoms with Crippen LogP contribution >= 0.6 is 0 Å². The quantitative estimate of drug-likeness (QED) is 0.813. The Balaban J connectivity index is 2.27. The van der Waals surface area contributed by atoms with Crippen LogP contribution in [-0.2, 0) is 22.6 Å². The van der Waals surface area contributed by atoms with E-state index < -0.39 is 17.9 Å². The lowest BCUT2D eigenvalue weighted by atomic mass is 10.0. The molecule has 1 heterocycles. The van der Waals surface area contributed by atoms with Crippen LogP contribution in [0, 0.1) is 0 Å². The van der Waals surface area contributed by atoms with E-state index in [-0.39, 0.29) is 18.7 Å². The molecule has 1 unspecified atom stereocenters. The van der Waals surface area contributed by atoms with Crippen LogP contribution < -0.4 is 5.73 Å². The maximum atomic E-state index is 12.4. The highest BCUT2D eigenvalue weighted by atomic mass is 16.4. The van der Waals surface area contributed by atoms with E-state index in [2.05, 4.69) is 0 Å². The summed E-state index contributed by atoms with van der Waals surface area (Å²) in [4.78, 5) is 36.1. The fourth-order valence-corrected chi connectivity index (χ4v) is 2.71. The summed E-state index contributed by atoms with van der Waals surface area (Å²) in [5.41, 5.74) is 7.89. The van der Waals surface area contributed by atoms with E-state index in [9.17, 15) is 14.4 Å². The lowest BCUT2D eigenvalue weighted by molar-refractivity contribution is -0.137.